The van der Waals surface area contributed by atoms with Crippen LogP contribution in [0.25, 0.3) is 16.6 Å². The van der Waals surface area contributed by atoms with Crippen molar-refractivity contribution in [3.05, 3.63) is 63.4 Å². The Morgan fingerprint density at radius 1 is 1.12 bits per heavy atom. The molecule has 1 heterocycles. The topological polar surface area (TPSA) is 93.1 Å². The molecule has 0 fully saturated rings. The summed E-state index contributed by atoms with van der Waals surface area (Å²) in [5, 5.41) is 5.64. The number of aromatic nitrogens is 2. The van der Waals surface area contributed by atoms with Gasteiger partial charge >= 0.3 is 6.03 Å². The van der Waals surface area contributed by atoms with Crippen LogP contribution in [0.4, 0.5) is 4.79 Å². The zero-order valence-corrected chi connectivity index (χ0v) is 20.1. The van der Waals surface area contributed by atoms with Gasteiger partial charge in [0.25, 0.3) is 5.56 Å². The second kappa shape index (κ2) is 9.34. The van der Waals surface area contributed by atoms with Gasteiger partial charge < -0.3 is 5.32 Å². The van der Waals surface area contributed by atoms with Crippen molar-refractivity contribution >= 4 is 46.2 Å². The summed E-state index contributed by atoms with van der Waals surface area (Å²) >= 11 is 7.40. The molecule has 168 valence electrons. The molecule has 7 nitrogen and oxygen atoms in total. The maximum Gasteiger partial charge on any atom is 0.321 e. The number of fused-ring (bicyclic) bond motifs is 1. The Kier molecular flexibility index (Phi) is 6.95. The first-order chi connectivity index (χ1) is 15.0. The first kappa shape index (κ1) is 23.8. The summed E-state index contributed by atoms with van der Waals surface area (Å²) in [6.07, 6.45) is 0. The number of urea groups is 1. The van der Waals surface area contributed by atoms with Crippen molar-refractivity contribution in [2.24, 2.45) is 0 Å². The average Bonchev–Trinajstić information content (AvgIpc) is 2.69. The average molecular weight is 473 g/mol. The van der Waals surface area contributed by atoms with Gasteiger partial charge in [-0.2, -0.15) is 0 Å². The standard InChI is InChI=1S/C23H25ClN4O3S/c1-13-16(24)10-8-12-18(13)28-20(30)15-9-6-7-11-17(15)25-22(28)32-14(2)19(29)26-21(31)27-23(3,4)5/h6-12,14H,1-5H3,(H2,26,27,29,31). The highest BCUT2D eigenvalue weighted by molar-refractivity contribution is 8.00. The summed E-state index contributed by atoms with van der Waals surface area (Å²) in [6.45, 7) is 8.93. The molecule has 0 saturated heterocycles. The number of hydrogen-bond donors (Lipinski definition) is 2. The van der Waals surface area contributed by atoms with Crippen molar-refractivity contribution in [2.45, 2.75) is 50.6 Å². The Morgan fingerprint density at radius 2 is 1.81 bits per heavy atom. The molecular weight excluding hydrogens is 448 g/mol. The summed E-state index contributed by atoms with van der Waals surface area (Å²) in [7, 11) is 0. The fourth-order valence-corrected chi connectivity index (χ4v) is 4.13. The third-order valence-electron chi connectivity index (χ3n) is 4.60. The molecular formula is C23H25ClN4O3S. The molecule has 3 amide bonds. The molecule has 1 unspecified atom stereocenters. The molecule has 9 heteroatoms. The number of rotatable bonds is 4. The van der Waals surface area contributed by atoms with Crippen LogP contribution in [0.1, 0.15) is 33.3 Å². The van der Waals surface area contributed by atoms with Crippen LogP contribution in [0.2, 0.25) is 5.02 Å². The molecule has 0 aliphatic heterocycles. The van der Waals surface area contributed by atoms with Gasteiger partial charge in [-0.15, -0.1) is 0 Å². The van der Waals surface area contributed by atoms with Gasteiger partial charge in [0.05, 0.1) is 21.8 Å². The Morgan fingerprint density at radius 3 is 2.50 bits per heavy atom. The van der Waals surface area contributed by atoms with E-state index in [-0.39, 0.29) is 5.56 Å². The van der Waals surface area contributed by atoms with Crippen molar-refractivity contribution in [2.75, 3.05) is 0 Å². The number of carbonyl (C=O) groups excluding carboxylic acids is 2. The van der Waals surface area contributed by atoms with Gasteiger partial charge in [0, 0.05) is 10.6 Å². The van der Waals surface area contributed by atoms with Crippen LogP contribution in [0, 0.1) is 6.92 Å². The number of para-hydroxylation sites is 1. The van der Waals surface area contributed by atoms with Crippen LogP contribution in [-0.2, 0) is 4.79 Å². The number of halogens is 1. The summed E-state index contributed by atoms with van der Waals surface area (Å²) in [5.41, 5.74) is 1.08. The molecule has 0 spiro atoms. The van der Waals surface area contributed by atoms with Crippen molar-refractivity contribution in [1.82, 2.24) is 20.2 Å². The van der Waals surface area contributed by atoms with E-state index < -0.39 is 22.7 Å². The minimum atomic E-state index is -0.695. The molecule has 32 heavy (non-hydrogen) atoms. The highest BCUT2D eigenvalue weighted by atomic mass is 35.5. The fourth-order valence-electron chi connectivity index (χ4n) is 3.04. The normalized spacial score (nSPS) is 12.4. The van der Waals surface area contributed by atoms with Crippen LogP contribution < -0.4 is 16.2 Å². The van der Waals surface area contributed by atoms with E-state index >= 15 is 0 Å². The van der Waals surface area contributed by atoms with Gasteiger partial charge in [0.1, 0.15) is 0 Å². The Labute approximate surface area is 195 Å². The lowest BCUT2D eigenvalue weighted by atomic mass is 10.1. The molecule has 0 radical (unpaired) electrons. The van der Waals surface area contributed by atoms with E-state index in [1.54, 1.807) is 49.4 Å². The molecule has 0 aliphatic rings. The molecule has 0 bridgehead atoms. The van der Waals surface area contributed by atoms with Crippen LogP contribution in [-0.4, -0.2) is 32.3 Å². The van der Waals surface area contributed by atoms with E-state index in [0.717, 1.165) is 17.3 Å². The molecule has 0 saturated carbocycles. The lowest BCUT2D eigenvalue weighted by Crippen LogP contribution is -2.49. The summed E-state index contributed by atoms with van der Waals surface area (Å²) in [5.74, 6) is -0.492. The third-order valence-corrected chi connectivity index (χ3v) is 6.06. The predicted octanol–water partition coefficient (Wildman–Crippen LogP) is 4.45. The predicted molar refractivity (Wildman–Crippen MR) is 129 cm³/mol. The Hall–Kier alpha value is -2.84. The van der Waals surface area contributed by atoms with E-state index in [0.29, 0.717) is 26.8 Å². The number of nitrogens with one attached hydrogen (secondary N) is 2. The zero-order chi connectivity index (χ0) is 23.6. The second-order valence-corrected chi connectivity index (χ2v) is 10.1. The van der Waals surface area contributed by atoms with Gasteiger partial charge in [-0.3, -0.25) is 19.5 Å². The zero-order valence-electron chi connectivity index (χ0n) is 18.5. The second-order valence-electron chi connectivity index (χ2n) is 8.39. The van der Waals surface area contributed by atoms with Crippen LogP contribution in [0.15, 0.2) is 52.4 Å². The highest BCUT2D eigenvalue weighted by Crippen LogP contribution is 2.28. The number of thioether (sulfide) groups is 1. The number of carbonyl (C=O) groups is 2. The molecule has 2 N–H and O–H groups in total. The van der Waals surface area contributed by atoms with Crippen molar-refractivity contribution in [1.29, 1.82) is 0 Å². The van der Waals surface area contributed by atoms with Crippen LogP contribution >= 0.6 is 23.4 Å². The van der Waals surface area contributed by atoms with Gasteiger partial charge in [0.15, 0.2) is 5.16 Å². The maximum atomic E-state index is 13.4. The lowest BCUT2D eigenvalue weighted by molar-refractivity contribution is -0.119. The summed E-state index contributed by atoms with van der Waals surface area (Å²) in [6, 6.07) is 11.7. The third kappa shape index (κ3) is 5.31. The van der Waals surface area contributed by atoms with E-state index in [1.165, 1.54) is 4.57 Å². The van der Waals surface area contributed by atoms with E-state index in [2.05, 4.69) is 15.6 Å². The molecule has 1 atom stereocenters. The van der Waals surface area contributed by atoms with Gasteiger partial charge in [-0.1, -0.05) is 41.6 Å². The molecule has 2 aromatic carbocycles. The highest BCUT2D eigenvalue weighted by Gasteiger charge is 2.23. The number of imide groups is 1. The van der Waals surface area contributed by atoms with Gasteiger partial charge in [0.2, 0.25) is 5.91 Å². The minimum absolute atomic E-state index is 0.262. The number of nitrogens with zero attached hydrogens (tertiary/aromatic N) is 2. The first-order valence-corrected chi connectivity index (χ1v) is 11.3. The lowest BCUT2D eigenvalue weighted by Gasteiger charge is -2.21. The van der Waals surface area contributed by atoms with E-state index in [1.807, 2.05) is 27.7 Å². The quantitative estimate of drug-likeness (QED) is 0.432. The molecule has 0 aliphatic carbocycles. The van der Waals surface area contributed by atoms with Gasteiger partial charge in [-0.05, 0) is 64.4 Å². The van der Waals surface area contributed by atoms with Crippen LogP contribution in [0.3, 0.4) is 0 Å². The van der Waals surface area contributed by atoms with Crippen LogP contribution in [0.5, 0.6) is 0 Å². The summed E-state index contributed by atoms with van der Waals surface area (Å²) in [4.78, 5) is 42.8. The Bertz CT molecular complexity index is 1250. The number of benzene rings is 2. The molecule has 3 aromatic rings. The minimum Gasteiger partial charge on any atom is -0.333 e. The number of amides is 3. The SMILES string of the molecule is Cc1c(Cl)cccc1-n1c(SC(C)C(=O)NC(=O)NC(C)(C)C)nc2ccccc2c1=O. The van der Waals surface area contributed by atoms with Crippen molar-refractivity contribution in [3.63, 3.8) is 0 Å². The fraction of sp³-hybridized carbons (Fsp3) is 0.304. The van der Waals surface area contributed by atoms with E-state index in [4.69, 9.17) is 11.6 Å². The molecule has 3 rings (SSSR count). The molecule has 1 aromatic heterocycles. The van der Waals surface area contributed by atoms with Crippen molar-refractivity contribution < 1.29 is 9.59 Å². The monoisotopic (exact) mass is 472 g/mol. The first-order valence-electron chi connectivity index (χ1n) is 10.0. The Balaban J connectivity index is 2.02. The van der Waals surface area contributed by atoms with E-state index in [9.17, 15) is 14.4 Å². The van der Waals surface area contributed by atoms with Gasteiger partial charge in [-0.25, -0.2) is 9.78 Å². The maximum absolute atomic E-state index is 13.4. The van der Waals surface area contributed by atoms with Crippen molar-refractivity contribution in [3.8, 4) is 5.69 Å². The largest absolute Gasteiger partial charge is 0.333 e. The number of hydrogen-bond acceptors (Lipinski definition) is 5. The summed E-state index contributed by atoms with van der Waals surface area (Å²) < 4.78 is 1.47. The smallest absolute Gasteiger partial charge is 0.321 e.